The average molecular weight is 286 g/mol. The Morgan fingerprint density at radius 2 is 2.12 bits per heavy atom. The van der Waals surface area contributed by atoms with Crippen molar-refractivity contribution in [3.8, 4) is 0 Å². The van der Waals surface area contributed by atoms with E-state index in [2.05, 4.69) is 15.9 Å². The number of carbonyl (C=O) groups is 2. The number of ether oxygens (including phenoxy) is 1. The Morgan fingerprint density at radius 3 is 2.56 bits per heavy atom. The smallest absolute Gasteiger partial charge is 0.418 e. The van der Waals surface area contributed by atoms with E-state index in [0.29, 0.717) is 16.4 Å². The molecule has 0 aliphatic carbocycles. The van der Waals surface area contributed by atoms with Gasteiger partial charge in [-0.25, -0.2) is 4.79 Å². The molecule has 0 unspecified atom stereocenters. The molecule has 1 aromatic rings. The summed E-state index contributed by atoms with van der Waals surface area (Å²) in [7, 11) is 1.74. The SMILES string of the molecule is Bc1c(Br)cc(C=O)n1C(=O)OC(C)(C)C. The van der Waals surface area contributed by atoms with E-state index in [-0.39, 0.29) is 5.69 Å². The zero-order valence-corrected chi connectivity index (χ0v) is 11.3. The summed E-state index contributed by atoms with van der Waals surface area (Å²) >= 11 is 3.27. The van der Waals surface area contributed by atoms with Crippen LogP contribution in [0.15, 0.2) is 10.5 Å². The molecule has 0 saturated heterocycles. The molecule has 0 spiro atoms. The van der Waals surface area contributed by atoms with Crippen LogP contribution >= 0.6 is 15.9 Å². The van der Waals surface area contributed by atoms with Crippen LogP contribution in [0.2, 0.25) is 0 Å². The molecule has 0 aromatic carbocycles. The Labute approximate surface area is 103 Å². The summed E-state index contributed by atoms with van der Waals surface area (Å²) in [5.41, 5.74) is 0.343. The molecule has 0 saturated carbocycles. The van der Waals surface area contributed by atoms with Crippen molar-refractivity contribution in [2.75, 3.05) is 0 Å². The first-order valence-electron chi connectivity index (χ1n) is 4.82. The summed E-state index contributed by atoms with van der Waals surface area (Å²) in [4.78, 5) is 22.6. The standard InChI is InChI=1S/C10H13BBrNO3/c1-10(2,3)16-9(15)13-6(5-14)4-7(12)8(13)11/h4-5H,11H2,1-3H3. The van der Waals surface area contributed by atoms with Gasteiger partial charge in [0.2, 0.25) is 0 Å². The first-order chi connectivity index (χ1) is 7.26. The van der Waals surface area contributed by atoms with Crippen molar-refractivity contribution in [1.82, 2.24) is 4.57 Å². The fraction of sp³-hybridized carbons (Fsp3) is 0.400. The van der Waals surface area contributed by atoms with Crippen LogP contribution in [0.25, 0.3) is 0 Å². The number of rotatable bonds is 1. The Bertz CT molecular complexity index is 434. The fourth-order valence-electron chi connectivity index (χ4n) is 1.24. The lowest BCUT2D eigenvalue weighted by Gasteiger charge is -2.20. The van der Waals surface area contributed by atoms with Gasteiger partial charge in [0, 0.05) is 4.47 Å². The second kappa shape index (κ2) is 4.45. The fourth-order valence-corrected chi connectivity index (χ4v) is 1.65. The summed E-state index contributed by atoms with van der Waals surface area (Å²) in [6.07, 6.45) is 0.0830. The van der Waals surface area contributed by atoms with Gasteiger partial charge in [0.15, 0.2) is 14.1 Å². The zero-order chi connectivity index (χ0) is 12.5. The second-order valence-corrected chi connectivity index (χ2v) is 5.29. The third-order valence-corrected chi connectivity index (χ3v) is 2.71. The van der Waals surface area contributed by atoms with Gasteiger partial charge < -0.3 is 4.74 Å². The van der Waals surface area contributed by atoms with Crippen LogP contribution in [0.4, 0.5) is 4.79 Å². The van der Waals surface area contributed by atoms with Gasteiger partial charge in [-0.3, -0.25) is 9.36 Å². The van der Waals surface area contributed by atoms with Gasteiger partial charge in [-0.1, -0.05) is 0 Å². The minimum absolute atomic E-state index is 0.277. The van der Waals surface area contributed by atoms with Gasteiger partial charge in [0.05, 0.1) is 5.69 Å². The number of nitrogens with zero attached hydrogens (tertiary/aromatic N) is 1. The molecule has 0 aliphatic rings. The number of hydrogen-bond acceptors (Lipinski definition) is 3. The predicted molar refractivity (Wildman–Crippen MR) is 67.3 cm³/mol. The molecule has 0 bridgehead atoms. The molecule has 86 valence electrons. The van der Waals surface area contributed by atoms with Crippen molar-refractivity contribution in [3.05, 3.63) is 16.2 Å². The van der Waals surface area contributed by atoms with E-state index >= 15 is 0 Å². The average Bonchev–Trinajstić information content (AvgIpc) is 2.40. The zero-order valence-electron chi connectivity index (χ0n) is 9.70. The van der Waals surface area contributed by atoms with Crippen molar-refractivity contribution in [3.63, 3.8) is 0 Å². The molecule has 0 fully saturated rings. The number of hydrogen-bond donors (Lipinski definition) is 0. The molecule has 16 heavy (non-hydrogen) atoms. The Hall–Kier alpha value is -1.04. The topological polar surface area (TPSA) is 48.3 Å². The van der Waals surface area contributed by atoms with Crippen LogP contribution in [0.3, 0.4) is 0 Å². The molecule has 4 nitrogen and oxygen atoms in total. The molecule has 1 rings (SSSR count). The van der Waals surface area contributed by atoms with Crippen LogP contribution < -0.4 is 5.59 Å². The Morgan fingerprint density at radius 1 is 1.56 bits per heavy atom. The van der Waals surface area contributed by atoms with E-state index in [1.165, 1.54) is 4.57 Å². The van der Waals surface area contributed by atoms with Gasteiger partial charge >= 0.3 is 6.09 Å². The maximum Gasteiger partial charge on any atom is 0.418 e. The van der Waals surface area contributed by atoms with E-state index in [9.17, 15) is 9.59 Å². The highest BCUT2D eigenvalue weighted by Crippen LogP contribution is 2.14. The largest absolute Gasteiger partial charge is 0.443 e. The quantitative estimate of drug-likeness (QED) is 0.574. The third-order valence-electron chi connectivity index (χ3n) is 1.91. The molecule has 1 aromatic heterocycles. The lowest BCUT2D eigenvalue weighted by molar-refractivity contribution is 0.0536. The molecule has 1 heterocycles. The number of halogens is 1. The monoisotopic (exact) mass is 285 g/mol. The van der Waals surface area contributed by atoms with Crippen molar-refractivity contribution < 1.29 is 14.3 Å². The first-order valence-corrected chi connectivity index (χ1v) is 5.62. The predicted octanol–water partition coefficient (Wildman–Crippen LogP) is 1.10. The first kappa shape index (κ1) is 13.0. The Kier molecular flexibility index (Phi) is 3.63. The van der Waals surface area contributed by atoms with E-state index in [1.807, 2.05) is 0 Å². The highest BCUT2D eigenvalue weighted by atomic mass is 79.9. The molecular weight excluding hydrogens is 273 g/mol. The molecule has 0 aliphatic heterocycles. The van der Waals surface area contributed by atoms with Crippen molar-refractivity contribution >= 4 is 41.7 Å². The van der Waals surface area contributed by atoms with Crippen molar-refractivity contribution in [1.29, 1.82) is 0 Å². The number of aromatic nitrogens is 1. The maximum atomic E-state index is 11.8. The molecular formula is C10H13BBrNO3. The van der Waals surface area contributed by atoms with Gasteiger partial charge in [0.1, 0.15) is 5.60 Å². The molecule has 0 amide bonds. The van der Waals surface area contributed by atoms with Gasteiger partial charge in [0.25, 0.3) is 0 Å². The van der Waals surface area contributed by atoms with Gasteiger partial charge in [-0.2, -0.15) is 0 Å². The summed E-state index contributed by atoms with van der Waals surface area (Å²) < 4.78 is 7.17. The molecule has 6 heteroatoms. The van der Waals surface area contributed by atoms with E-state index in [0.717, 1.165) is 0 Å². The van der Waals surface area contributed by atoms with E-state index in [1.54, 1.807) is 34.7 Å². The summed E-state index contributed by atoms with van der Waals surface area (Å²) in [5.74, 6) is 0. The minimum atomic E-state index is -0.583. The summed E-state index contributed by atoms with van der Waals surface area (Å²) in [6, 6.07) is 1.59. The van der Waals surface area contributed by atoms with E-state index in [4.69, 9.17) is 4.74 Å². The lowest BCUT2D eigenvalue weighted by Crippen LogP contribution is -2.33. The lowest BCUT2D eigenvalue weighted by atomic mass is 10.1. The second-order valence-electron chi connectivity index (χ2n) is 4.44. The highest BCUT2D eigenvalue weighted by Gasteiger charge is 2.22. The van der Waals surface area contributed by atoms with Crippen LogP contribution in [0.1, 0.15) is 31.3 Å². The van der Waals surface area contributed by atoms with Crippen LogP contribution in [-0.2, 0) is 4.74 Å². The van der Waals surface area contributed by atoms with Gasteiger partial charge in [-0.05, 0) is 48.4 Å². The number of carbonyl (C=O) groups excluding carboxylic acids is 2. The number of aldehydes is 1. The van der Waals surface area contributed by atoms with Crippen molar-refractivity contribution in [2.45, 2.75) is 26.4 Å². The van der Waals surface area contributed by atoms with Crippen LogP contribution in [-0.4, -0.2) is 30.4 Å². The normalized spacial score (nSPS) is 11.2. The molecule has 0 radical (unpaired) electrons. The highest BCUT2D eigenvalue weighted by molar-refractivity contribution is 9.10. The third kappa shape index (κ3) is 2.75. The molecule has 0 atom stereocenters. The van der Waals surface area contributed by atoms with Crippen LogP contribution in [0, 0.1) is 0 Å². The summed E-state index contributed by atoms with van der Waals surface area (Å²) in [5, 5.41) is 0. The van der Waals surface area contributed by atoms with Gasteiger partial charge in [-0.15, -0.1) is 0 Å². The molecule has 0 N–H and O–H groups in total. The maximum absolute atomic E-state index is 11.8. The minimum Gasteiger partial charge on any atom is -0.443 e. The Balaban J connectivity index is 3.12. The van der Waals surface area contributed by atoms with Crippen LogP contribution in [0.5, 0.6) is 0 Å². The summed E-state index contributed by atoms with van der Waals surface area (Å²) in [6.45, 7) is 5.33. The van der Waals surface area contributed by atoms with Crippen molar-refractivity contribution in [2.24, 2.45) is 0 Å². The van der Waals surface area contributed by atoms with E-state index < -0.39 is 11.7 Å².